The molecule has 0 saturated carbocycles. The molecular weight excluding hydrogens is 566 g/mol. The average Bonchev–Trinajstić information content (AvgIpc) is 3.25. The van der Waals surface area contributed by atoms with E-state index in [0.717, 1.165) is 26.0 Å². The summed E-state index contributed by atoms with van der Waals surface area (Å²) in [5, 5.41) is 1.46. The Balaban J connectivity index is 1.59. The van der Waals surface area contributed by atoms with Crippen molar-refractivity contribution >= 4 is 41.1 Å². The third kappa shape index (κ3) is 6.95. The van der Waals surface area contributed by atoms with Crippen LogP contribution in [0.25, 0.3) is 0 Å². The lowest BCUT2D eigenvalue weighted by Gasteiger charge is -2.32. The van der Waals surface area contributed by atoms with Crippen LogP contribution in [0.3, 0.4) is 0 Å². The maximum Gasteiger partial charge on any atom is 0.348 e. The van der Waals surface area contributed by atoms with Crippen LogP contribution in [0, 0.1) is 0 Å². The molecule has 2 aliphatic heterocycles. The van der Waals surface area contributed by atoms with Crippen molar-refractivity contribution in [3.05, 3.63) is 65.1 Å². The molecule has 4 rings (SSSR count). The van der Waals surface area contributed by atoms with E-state index in [1.165, 1.54) is 13.8 Å². The highest BCUT2D eigenvalue weighted by Crippen LogP contribution is 2.42. The van der Waals surface area contributed by atoms with Crippen LogP contribution >= 0.6 is 11.6 Å². The highest BCUT2D eigenvalue weighted by molar-refractivity contribution is 6.30. The third-order valence-corrected chi connectivity index (χ3v) is 5.77. The van der Waals surface area contributed by atoms with Crippen molar-refractivity contribution in [2.24, 2.45) is 0 Å². The van der Waals surface area contributed by atoms with E-state index in [2.05, 4.69) is 0 Å². The number of fused-ring (bicyclic) bond motifs is 1. The zero-order valence-electron chi connectivity index (χ0n) is 22.6. The number of rotatable bonds is 8. The van der Waals surface area contributed by atoms with Crippen LogP contribution in [-0.2, 0) is 52.4 Å². The Labute approximate surface area is 239 Å². The summed E-state index contributed by atoms with van der Waals surface area (Å²) in [6.45, 7) is 4.74. The number of esters is 3. The molecule has 2 heterocycles. The van der Waals surface area contributed by atoms with Gasteiger partial charge in [-0.3, -0.25) is 19.1 Å². The van der Waals surface area contributed by atoms with Crippen molar-refractivity contribution < 1.29 is 57.2 Å². The summed E-state index contributed by atoms with van der Waals surface area (Å²) in [6.07, 6.45) is -4.58. The normalized spacial score (nSPS) is 23.1. The smallest absolute Gasteiger partial charge is 0.348 e. The van der Waals surface area contributed by atoms with Crippen LogP contribution in [0.2, 0.25) is 5.02 Å². The fourth-order valence-electron chi connectivity index (χ4n) is 3.90. The molecule has 1 saturated heterocycles. The first-order valence-electron chi connectivity index (χ1n) is 12.1. The molecule has 0 bridgehead atoms. The molecule has 2 aliphatic rings. The van der Waals surface area contributed by atoms with Crippen LogP contribution in [0.15, 0.2) is 60.0 Å². The first-order chi connectivity index (χ1) is 19.4. The summed E-state index contributed by atoms with van der Waals surface area (Å²) in [6, 6.07) is 13.1. The number of benzene rings is 2. The third-order valence-electron chi connectivity index (χ3n) is 5.52. The van der Waals surface area contributed by atoms with Gasteiger partial charge in [0.1, 0.15) is 11.5 Å². The minimum atomic E-state index is -2.04. The van der Waals surface area contributed by atoms with Gasteiger partial charge in [0.05, 0.1) is 12.8 Å². The van der Waals surface area contributed by atoms with Gasteiger partial charge in [-0.05, 0) is 48.5 Å². The first kappa shape index (κ1) is 29.8. The Morgan fingerprint density at radius 2 is 1.54 bits per heavy atom. The highest BCUT2D eigenvalue weighted by Gasteiger charge is 2.56. The van der Waals surface area contributed by atoms with Crippen molar-refractivity contribution in [3.8, 4) is 11.5 Å². The number of ether oxygens (including phenoxy) is 7. The molecule has 0 N–H and O–H groups in total. The second-order valence-corrected chi connectivity index (χ2v) is 9.24. The molecule has 4 atom stereocenters. The number of halogens is 1. The molecule has 2 aromatic rings. The van der Waals surface area contributed by atoms with Gasteiger partial charge in [-0.1, -0.05) is 11.6 Å². The molecule has 0 radical (unpaired) electrons. The van der Waals surface area contributed by atoms with Gasteiger partial charge in [0.15, 0.2) is 11.9 Å². The van der Waals surface area contributed by atoms with Gasteiger partial charge in [0.2, 0.25) is 24.1 Å². The number of nitrogens with zero attached hydrogens (tertiary/aromatic N) is 1. The number of methoxy groups -OCH3 is 1. The molecule has 1 fully saturated rings. The molecular formula is C27H26ClNO12. The first-order valence-corrected chi connectivity index (χ1v) is 12.5. The summed E-state index contributed by atoms with van der Waals surface area (Å²) in [5.41, 5.74) is 0.282. The number of amides is 1. The molecule has 0 spiro atoms. The van der Waals surface area contributed by atoms with Crippen molar-refractivity contribution in [2.75, 3.05) is 12.2 Å². The topological polar surface area (TPSA) is 145 Å². The quantitative estimate of drug-likeness (QED) is 0.250. The number of anilines is 1. The number of hydrogen-bond acceptors (Lipinski definition) is 12. The molecule has 0 aromatic heterocycles. The van der Waals surface area contributed by atoms with Crippen LogP contribution in [0.1, 0.15) is 27.7 Å². The van der Waals surface area contributed by atoms with E-state index in [0.29, 0.717) is 16.5 Å². The second kappa shape index (κ2) is 12.1. The van der Waals surface area contributed by atoms with Crippen molar-refractivity contribution in [1.29, 1.82) is 0 Å². The summed E-state index contributed by atoms with van der Waals surface area (Å²) in [7, 11) is 1.09. The molecule has 4 unspecified atom stereocenters. The highest BCUT2D eigenvalue weighted by atomic mass is 35.5. The molecule has 41 heavy (non-hydrogen) atoms. The zero-order valence-corrected chi connectivity index (χ0v) is 23.3. The minimum Gasteiger partial charge on any atom is -0.467 e. The lowest BCUT2D eigenvalue weighted by Crippen LogP contribution is -2.48. The van der Waals surface area contributed by atoms with Gasteiger partial charge in [0.25, 0.3) is 0 Å². The number of hydroxylamine groups is 1. The average molecular weight is 592 g/mol. The lowest BCUT2D eigenvalue weighted by atomic mass is 10.1. The van der Waals surface area contributed by atoms with E-state index in [1.54, 1.807) is 48.5 Å². The fraction of sp³-hybridized carbons (Fsp3) is 0.333. The monoisotopic (exact) mass is 591 g/mol. The molecule has 218 valence electrons. The molecule has 13 nitrogen and oxygen atoms in total. The lowest BCUT2D eigenvalue weighted by molar-refractivity contribution is -0.343. The summed E-state index contributed by atoms with van der Waals surface area (Å²) in [4.78, 5) is 54.5. The maximum atomic E-state index is 12.6. The summed E-state index contributed by atoms with van der Waals surface area (Å²) < 4.78 is 38.2. The standard InChI is InChI=1S/C27H26ClNO12/c1-14(30)29(18-8-12-20(13-9-18)37-19-10-6-17(28)7-11-19)41-27(4)39-24-22(36-16(3)32)21(35-15(2)31)23(25(33)34-5)38-26(24)40-27/h6-13,21,23,26H,1-5H3. The van der Waals surface area contributed by atoms with E-state index < -0.39 is 48.3 Å². The van der Waals surface area contributed by atoms with E-state index in [1.807, 2.05) is 0 Å². The molecule has 14 heteroatoms. The van der Waals surface area contributed by atoms with Gasteiger partial charge in [0, 0.05) is 32.7 Å². The Kier molecular flexibility index (Phi) is 8.83. The Morgan fingerprint density at radius 3 is 2.07 bits per heavy atom. The van der Waals surface area contributed by atoms with Crippen molar-refractivity contribution in [3.63, 3.8) is 0 Å². The molecule has 2 aromatic carbocycles. The number of carbonyl (C=O) groups is 4. The Hall–Kier alpha value is -4.17. The molecule has 1 amide bonds. The van der Waals surface area contributed by atoms with Gasteiger partial charge < -0.3 is 28.4 Å². The zero-order chi connectivity index (χ0) is 29.9. The van der Waals surface area contributed by atoms with Gasteiger partial charge in [-0.2, -0.15) is 9.90 Å². The van der Waals surface area contributed by atoms with Crippen molar-refractivity contribution in [1.82, 2.24) is 0 Å². The number of hydrogen-bond donors (Lipinski definition) is 0. The largest absolute Gasteiger partial charge is 0.467 e. The molecule has 0 aliphatic carbocycles. The maximum absolute atomic E-state index is 12.6. The van der Waals surface area contributed by atoms with Gasteiger partial charge in [-0.15, -0.1) is 0 Å². The van der Waals surface area contributed by atoms with Crippen molar-refractivity contribution in [2.45, 2.75) is 52.2 Å². The Morgan fingerprint density at radius 1 is 0.927 bits per heavy atom. The second-order valence-electron chi connectivity index (χ2n) is 8.80. The van der Waals surface area contributed by atoms with E-state index in [4.69, 9.17) is 49.6 Å². The minimum absolute atomic E-state index is 0.246. The van der Waals surface area contributed by atoms with E-state index >= 15 is 0 Å². The van der Waals surface area contributed by atoms with E-state index in [9.17, 15) is 19.2 Å². The van der Waals surface area contributed by atoms with Crippen LogP contribution in [0.5, 0.6) is 11.5 Å². The number of carbonyl (C=O) groups excluding carboxylic acids is 4. The van der Waals surface area contributed by atoms with Gasteiger partial charge in [-0.25, -0.2) is 4.79 Å². The summed E-state index contributed by atoms with van der Waals surface area (Å²) in [5.74, 6) is -4.72. The van der Waals surface area contributed by atoms with Crippen LogP contribution in [-0.4, -0.2) is 55.4 Å². The predicted molar refractivity (Wildman–Crippen MR) is 138 cm³/mol. The van der Waals surface area contributed by atoms with Gasteiger partial charge >= 0.3 is 23.9 Å². The van der Waals surface area contributed by atoms with Crippen LogP contribution < -0.4 is 9.80 Å². The SMILES string of the molecule is COC(=O)C1OC2OC(C)(ON(C(C)=O)c3ccc(Oc4ccc(Cl)cc4)cc3)OC2=C(OC(C)=O)C1OC(C)=O. The van der Waals surface area contributed by atoms with Crippen LogP contribution in [0.4, 0.5) is 5.69 Å². The summed E-state index contributed by atoms with van der Waals surface area (Å²) >= 11 is 5.91. The Bertz CT molecular complexity index is 1360. The predicted octanol–water partition coefficient (Wildman–Crippen LogP) is 3.74. The fourth-order valence-corrected chi connectivity index (χ4v) is 4.03. The van der Waals surface area contributed by atoms with E-state index in [-0.39, 0.29) is 17.2 Å².